The Morgan fingerprint density at radius 2 is 2.31 bits per heavy atom. The first-order valence-electron chi connectivity index (χ1n) is 4.58. The zero-order chi connectivity index (χ0) is 11.7. The number of primary amides is 1. The number of ether oxygens (including phenoxy) is 3. The molecule has 6 nitrogen and oxygen atoms in total. The summed E-state index contributed by atoms with van der Waals surface area (Å²) in [7, 11) is 1.46. The Hall–Kier alpha value is -1.95. The first-order chi connectivity index (χ1) is 7.63. The minimum Gasteiger partial charge on any atom is -0.493 e. The van der Waals surface area contributed by atoms with Crippen molar-refractivity contribution in [1.29, 1.82) is 0 Å². The number of fused-ring (bicyclic) bond motifs is 1. The van der Waals surface area contributed by atoms with Gasteiger partial charge in [-0.3, -0.25) is 4.79 Å². The molecule has 1 heterocycles. The fourth-order valence-corrected chi connectivity index (χ4v) is 1.47. The molecule has 86 valence electrons. The van der Waals surface area contributed by atoms with Crippen molar-refractivity contribution in [3.63, 3.8) is 0 Å². The second kappa shape index (κ2) is 3.90. The Kier molecular flexibility index (Phi) is 2.57. The third-order valence-corrected chi connectivity index (χ3v) is 2.27. The molecule has 1 unspecified atom stereocenters. The summed E-state index contributed by atoms with van der Waals surface area (Å²) in [5.41, 5.74) is 5.32. The fourth-order valence-electron chi connectivity index (χ4n) is 1.47. The maximum absolute atomic E-state index is 10.9. The van der Waals surface area contributed by atoms with E-state index >= 15 is 0 Å². The Balaban J connectivity index is 2.45. The van der Waals surface area contributed by atoms with Crippen LogP contribution in [0.4, 0.5) is 0 Å². The number of benzene rings is 1. The highest BCUT2D eigenvalue weighted by Crippen LogP contribution is 2.42. The molecule has 1 atom stereocenters. The van der Waals surface area contributed by atoms with Crippen LogP contribution < -0.4 is 19.9 Å². The van der Waals surface area contributed by atoms with Gasteiger partial charge in [0.25, 0.3) is 5.91 Å². The van der Waals surface area contributed by atoms with Crippen LogP contribution >= 0.6 is 0 Å². The molecule has 0 aliphatic carbocycles. The predicted octanol–water partition coefficient (Wildman–Crippen LogP) is -0.0574. The molecule has 0 radical (unpaired) electrons. The zero-order valence-electron chi connectivity index (χ0n) is 8.60. The number of carbonyl (C=O) groups excluding carboxylic acids is 1. The Bertz CT molecular complexity index is 431. The number of methoxy groups -OCH3 is 1. The van der Waals surface area contributed by atoms with E-state index in [1.807, 2.05) is 0 Å². The maximum Gasteiger partial charge on any atom is 0.250 e. The molecule has 1 aromatic carbocycles. The smallest absolute Gasteiger partial charge is 0.250 e. The molecule has 1 aliphatic heterocycles. The van der Waals surface area contributed by atoms with Gasteiger partial charge in [0, 0.05) is 0 Å². The van der Waals surface area contributed by atoms with Crippen LogP contribution in [0, 0.1) is 0 Å². The van der Waals surface area contributed by atoms with E-state index in [1.54, 1.807) is 0 Å². The summed E-state index contributed by atoms with van der Waals surface area (Å²) in [4.78, 5) is 10.9. The second-order valence-corrected chi connectivity index (χ2v) is 3.26. The molecule has 1 aromatic rings. The Morgan fingerprint density at radius 1 is 1.56 bits per heavy atom. The van der Waals surface area contributed by atoms with Gasteiger partial charge in [-0.2, -0.15) is 0 Å². The summed E-state index contributed by atoms with van der Waals surface area (Å²) >= 11 is 0. The summed E-state index contributed by atoms with van der Waals surface area (Å²) in [6.07, 6.45) is -1.39. The maximum atomic E-state index is 10.9. The number of hydrogen-bond donors (Lipinski definition) is 2. The second-order valence-electron chi connectivity index (χ2n) is 3.26. The summed E-state index contributed by atoms with van der Waals surface area (Å²) in [5, 5.41) is 9.52. The van der Waals surface area contributed by atoms with Crippen LogP contribution in [0.3, 0.4) is 0 Å². The van der Waals surface area contributed by atoms with E-state index in [2.05, 4.69) is 0 Å². The van der Waals surface area contributed by atoms with Crippen molar-refractivity contribution in [3.8, 4) is 17.2 Å². The lowest BCUT2D eigenvalue weighted by molar-refractivity contribution is -0.126. The van der Waals surface area contributed by atoms with Gasteiger partial charge in [0.2, 0.25) is 12.5 Å². The molecule has 3 N–H and O–H groups in total. The molecule has 1 amide bonds. The molecule has 0 spiro atoms. The fraction of sp³-hybridized carbons (Fsp3) is 0.300. The van der Waals surface area contributed by atoms with Crippen molar-refractivity contribution in [2.75, 3.05) is 13.9 Å². The third kappa shape index (κ3) is 1.63. The molecule has 1 aliphatic rings. The average molecular weight is 225 g/mol. The van der Waals surface area contributed by atoms with E-state index in [-0.39, 0.29) is 6.79 Å². The number of amides is 1. The first-order valence-corrected chi connectivity index (χ1v) is 4.58. The summed E-state index contributed by atoms with van der Waals surface area (Å²) in [6.45, 7) is 0.0851. The zero-order valence-corrected chi connectivity index (χ0v) is 8.60. The van der Waals surface area contributed by atoms with Gasteiger partial charge in [-0.05, 0) is 17.7 Å². The van der Waals surface area contributed by atoms with Crippen LogP contribution in [-0.4, -0.2) is 24.9 Å². The van der Waals surface area contributed by atoms with Gasteiger partial charge in [0.15, 0.2) is 17.6 Å². The highest BCUT2D eigenvalue weighted by atomic mass is 16.7. The van der Waals surface area contributed by atoms with Crippen LogP contribution in [-0.2, 0) is 4.79 Å². The molecule has 0 saturated heterocycles. The molecular weight excluding hydrogens is 214 g/mol. The number of hydrogen-bond acceptors (Lipinski definition) is 5. The first kappa shape index (κ1) is 10.6. The number of aliphatic hydroxyl groups excluding tert-OH is 1. The quantitative estimate of drug-likeness (QED) is 0.752. The lowest BCUT2D eigenvalue weighted by atomic mass is 10.1. The van der Waals surface area contributed by atoms with Gasteiger partial charge < -0.3 is 25.1 Å². The number of aliphatic hydroxyl groups is 1. The van der Waals surface area contributed by atoms with E-state index in [4.69, 9.17) is 19.9 Å². The SMILES string of the molecule is COc1cc(C(O)C(N)=O)cc2c1OCO2. The average Bonchev–Trinajstić information content (AvgIpc) is 2.74. The summed E-state index contributed by atoms with van der Waals surface area (Å²) in [6, 6.07) is 2.99. The van der Waals surface area contributed by atoms with Crippen LogP contribution in [0.25, 0.3) is 0 Å². The molecule has 6 heteroatoms. The topological polar surface area (TPSA) is 91.0 Å². The minimum atomic E-state index is -1.39. The predicted molar refractivity (Wildman–Crippen MR) is 53.3 cm³/mol. The Morgan fingerprint density at radius 3 is 2.94 bits per heavy atom. The summed E-state index contributed by atoms with van der Waals surface area (Å²) < 4.78 is 15.4. The number of nitrogens with two attached hydrogens (primary N) is 1. The molecule has 16 heavy (non-hydrogen) atoms. The molecule has 0 fully saturated rings. The van der Waals surface area contributed by atoms with Gasteiger partial charge in [0.05, 0.1) is 7.11 Å². The van der Waals surface area contributed by atoms with Crippen LogP contribution in [0.2, 0.25) is 0 Å². The van der Waals surface area contributed by atoms with Gasteiger partial charge >= 0.3 is 0 Å². The van der Waals surface area contributed by atoms with Crippen molar-refractivity contribution in [3.05, 3.63) is 17.7 Å². The highest BCUT2D eigenvalue weighted by Gasteiger charge is 2.24. The van der Waals surface area contributed by atoms with Gasteiger partial charge in [0.1, 0.15) is 0 Å². The van der Waals surface area contributed by atoms with Crippen LogP contribution in [0.15, 0.2) is 12.1 Å². The van der Waals surface area contributed by atoms with Crippen molar-refractivity contribution >= 4 is 5.91 Å². The van der Waals surface area contributed by atoms with Gasteiger partial charge in [-0.1, -0.05) is 0 Å². The van der Waals surface area contributed by atoms with Crippen LogP contribution in [0.1, 0.15) is 11.7 Å². The lowest BCUT2D eigenvalue weighted by Crippen LogP contribution is -2.20. The van der Waals surface area contributed by atoms with Gasteiger partial charge in [-0.25, -0.2) is 0 Å². The summed E-state index contributed by atoms with van der Waals surface area (Å²) in [5.74, 6) is 0.448. The molecule has 2 rings (SSSR count). The van der Waals surface area contributed by atoms with Crippen molar-refractivity contribution < 1.29 is 24.1 Å². The van der Waals surface area contributed by atoms with Gasteiger partial charge in [-0.15, -0.1) is 0 Å². The molecule has 0 aromatic heterocycles. The van der Waals surface area contributed by atoms with Crippen molar-refractivity contribution in [2.45, 2.75) is 6.10 Å². The van der Waals surface area contributed by atoms with E-state index in [9.17, 15) is 9.90 Å². The van der Waals surface area contributed by atoms with E-state index in [0.29, 0.717) is 22.8 Å². The van der Waals surface area contributed by atoms with E-state index < -0.39 is 12.0 Å². The number of carbonyl (C=O) groups is 1. The number of rotatable bonds is 3. The third-order valence-electron chi connectivity index (χ3n) is 2.27. The Labute approximate surface area is 91.5 Å². The van der Waals surface area contributed by atoms with Crippen molar-refractivity contribution in [1.82, 2.24) is 0 Å². The highest BCUT2D eigenvalue weighted by molar-refractivity contribution is 5.80. The molecular formula is C10H11NO5. The monoisotopic (exact) mass is 225 g/mol. The lowest BCUT2D eigenvalue weighted by Gasteiger charge is -2.10. The van der Waals surface area contributed by atoms with Crippen molar-refractivity contribution in [2.24, 2.45) is 5.73 Å². The standard InChI is InChI=1S/C10H11NO5/c1-14-6-2-5(8(12)10(11)13)3-7-9(6)16-4-15-7/h2-3,8,12H,4H2,1H3,(H2,11,13). The largest absolute Gasteiger partial charge is 0.493 e. The minimum absolute atomic E-state index is 0.0851. The van der Waals surface area contributed by atoms with Crippen LogP contribution in [0.5, 0.6) is 17.2 Å². The molecule has 0 bridgehead atoms. The van der Waals surface area contributed by atoms with E-state index in [0.717, 1.165) is 0 Å². The van der Waals surface area contributed by atoms with E-state index in [1.165, 1.54) is 19.2 Å². The molecule has 0 saturated carbocycles. The normalized spacial score (nSPS) is 14.6.